The van der Waals surface area contributed by atoms with Crippen molar-refractivity contribution in [2.75, 3.05) is 4.90 Å². The van der Waals surface area contributed by atoms with Crippen LogP contribution in [0.1, 0.15) is 0 Å². The summed E-state index contributed by atoms with van der Waals surface area (Å²) in [6.45, 7) is 0. The Hall–Kier alpha value is -7.72. The monoisotopic (exact) mass is 795 g/mol. The van der Waals surface area contributed by atoms with E-state index in [1.165, 1.54) is 58.8 Å². The van der Waals surface area contributed by atoms with E-state index in [-0.39, 0.29) is 0 Å². The van der Waals surface area contributed by atoms with Crippen LogP contribution in [0.25, 0.3) is 97.4 Å². The van der Waals surface area contributed by atoms with Crippen molar-refractivity contribution in [3.63, 3.8) is 0 Å². The van der Waals surface area contributed by atoms with Crippen molar-refractivity contribution < 1.29 is 4.42 Å². The summed E-state index contributed by atoms with van der Waals surface area (Å²) in [5, 5.41) is 7.37. The summed E-state index contributed by atoms with van der Waals surface area (Å²) in [5.74, 6) is 0. The molecule has 0 unspecified atom stereocenters. The molecule has 0 amide bonds. The lowest BCUT2D eigenvalue weighted by Gasteiger charge is -2.28. The molecule has 2 heterocycles. The quantitative estimate of drug-likeness (QED) is 0.160. The van der Waals surface area contributed by atoms with Crippen LogP contribution in [0.5, 0.6) is 0 Å². The lowest BCUT2D eigenvalue weighted by atomic mass is 9.95. The molecule has 0 aliphatic heterocycles. The first-order chi connectivity index (χ1) is 30.2. The minimum Gasteiger partial charge on any atom is -0.455 e. The van der Waals surface area contributed by atoms with Gasteiger partial charge in [0, 0.05) is 53.4 Å². The van der Waals surface area contributed by atoms with Gasteiger partial charge in [0.05, 0.1) is 5.69 Å². The van der Waals surface area contributed by atoms with Gasteiger partial charge in [-0.3, -0.25) is 0 Å². The van der Waals surface area contributed by atoms with Crippen LogP contribution in [0, 0.1) is 0 Å². The smallest absolute Gasteiger partial charge is 0.143 e. The van der Waals surface area contributed by atoms with E-state index in [0.717, 1.165) is 55.7 Å². The molecule has 12 aromatic rings. The molecule has 12 rings (SSSR count). The van der Waals surface area contributed by atoms with Gasteiger partial charge in [-0.05, 0) is 98.8 Å². The third kappa shape index (κ3) is 6.09. The molecular formula is C58H37NOS. The first-order valence-electron chi connectivity index (χ1n) is 20.7. The van der Waals surface area contributed by atoms with Crippen molar-refractivity contribution in [3.8, 4) is 44.5 Å². The highest BCUT2D eigenvalue weighted by atomic mass is 32.1. The van der Waals surface area contributed by atoms with Gasteiger partial charge in [-0.2, -0.15) is 0 Å². The Morgan fingerprint density at radius 2 is 0.934 bits per heavy atom. The fourth-order valence-corrected chi connectivity index (χ4v) is 10.3. The molecule has 0 N–H and O–H groups in total. The molecule has 2 nitrogen and oxygen atoms in total. The van der Waals surface area contributed by atoms with Gasteiger partial charge in [-0.1, -0.05) is 170 Å². The van der Waals surface area contributed by atoms with Crippen LogP contribution in [0.15, 0.2) is 229 Å². The fourth-order valence-electron chi connectivity index (χ4n) is 9.17. The molecule has 0 spiro atoms. The molecule has 0 saturated carbocycles. The lowest BCUT2D eigenvalue weighted by Crippen LogP contribution is -2.11. The molecule has 2 aromatic heterocycles. The van der Waals surface area contributed by atoms with Crippen LogP contribution >= 0.6 is 11.3 Å². The molecule has 10 aromatic carbocycles. The Labute approximate surface area is 357 Å². The molecule has 0 atom stereocenters. The average molecular weight is 796 g/mol. The number of fused-ring (bicyclic) bond motifs is 7. The molecule has 0 radical (unpaired) electrons. The van der Waals surface area contributed by atoms with Crippen LogP contribution in [0.4, 0.5) is 17.1 Å². The maximum atomic E-state index is 6.47. The minimum atomic E-state index is 0.903. The summed E-state index contributed by atoms with van der Waals surface area (Å²) in [5.41, 5.74) is 14.4. The summed E-state index contributed by atoms with van der Waals surface area (Å²) in [7, 11) is 0. The van der Waals surface area contributed by atoms with Crippen molar-refractivity contribution in [1.82, 2.24) is 0 Å². The number of hydrogen-bond donors (Lipinski definition) is 0. The molecule has 0 aliphatic carbocycles. The van der Waals surface area contributed by atoms with E-state index in [1.807, 2.05) is 23.5 Å². The summed E-state index contributed by atoms with van der Waals surface area (Å²) >= 11 is 1.86. The number of nitrogens with zero attached hydrogens (tertiary/aromatic N) is 1. The molecule has 61 heavy (non-hydrogen) atoms. The van der Waals surface area contributed by atoms with Gasteiger partial charge in [0.2, 0.25) is 0 Å². The molecular weight excluding hydrogens is 759 g/mol. The van der Waals surface area contributed by atoms with E-state index in [2.05, 4.69) is 217 Å². The Kier molecular flexibility index (Phi) is 8.39. The van der Waals surface area contributed by atoms with Gasteiger partial charge < -0.3 is 9.32 Å². The van der Waals surface area contributed by atoms with E-state index >= 15 is 0 Å². The third-order valence-electron chi connectivity index (χ3n) is 12.1. The second-order valence-corrected chi connectivity index (χ2v) is 16.7. The van der Waals surface area contributed by atoms with Crippen molar-refractivity contribution in [1.29, 1.82) is 0 Å². The number of thiophene rings is 1. The Morgan fingerprint density at radius 1 is 0.328 bits per heavy atom. The highest BCUT2D eigenvalue weighted by Crippen LogP contribution is 2.45. The van der Waals surface area contributed by atoms with Crippen LogP contribution in [-0.4, -0.2) is 0 Å². The second-order valence-electron chi connectivity index (χ2n) is 15.6. The van der Waals surface area contributed by atoms with Gasteiger partial charge in [-0.25, -0.2) is 0 Å². The fraction of sp³-hybridized carbons (Fsp3) is 0. The summed E-state index contributed by atoms with van der Waals surface area (Å²) in [6, 6.07) is 81.2. The standard InChI is InChI=1S/C58H37NOS/c1-2-19-46-38(13-1)14-11-23-47(46)42-17-9-15-40(35-42)41-16-10-18-45(36-41)59(44-32-29-39(30-33-44)49-24-12-25-53-50-21-4-7-27-55(50)60-58(49)53)54-26-6-3-20-48(54)43-31-34-52-51-22-5-8-28-56(51)61-57(52)37-43/h1-37H. The van der Waals surface area contributed by atoms with Crippen molar-refractivity contribution in [2.24, 2.45) is 0 Å². The second kappa shape index (κ2) is 14.5. The van der Waals surface area contributed by atoms with E-state index in [9.17, 15) is 0 Å². The first kappa shape index (κ1) is 35.2. The summed E-state index contributed by atoms with van der Waals surface area (Å²) < 4.78 is 9.07. The van der Waals surface area contributed by atoms with Crippen LogP contribution in [-0.2, 0) is 0 Å². The third-order valence-corrected chi connectivity index (χ3v) is 13.2. The van der Waals surface area contributed by atoms with E-state index < -0.39 is 0 Å². The van der Waals surface area contributed by atoms with Gasteiger partial charge in [0.15, 0.2) is 0 Å². The Balaban J connectivity index is 1.00. The van der Waals surface area contributed by atoms with Crippen molar-refractivity contribution in [2.45, 2.75) is 0 Å². The zero-order valence-corrected chi connectivity index (χ0v) is 33.9. The topological polar surface area (TPSA) is 16.4 Å². The Bertz CT molecular complexity index is 3610. The van der Waals surface area contributed by atoms with E-state index in [0.29, 0.717) is 0 Å². The molecule has 0 bridgehead atoms. The normalized spacial score (nSPS) is 11.6. The molecule has 286 valence electrons. The molecule has 0 fully saturated rings. The molecule has 0 aliphatic rings. The van der Waals surface area contributed by atoms with Gasteiger partial charge in [0.25, 0.3) is 0 Å². The summed E-state index contributed by atoms with van der Waals surface area (Å²) in [6.07, 6.45) is 0. The van der Waals surface area contributed by atoms with E-state index in [4.69, 9.17) is 4.42 Å². The average Bonchev–Trinajstić information content (AvgIpc) is 3.90. The number of anilines is 3. The number of para-hydroxylation sites is 3. The molecule has 0 saturated heterocycles. The minimum absolute atomic E-state index is 0.903. The zero-order valence-electron chi connectivity index (χ0n) is 33.1. The van der Waals surface area contributed by atoms with Crippen molar-refractivity contribution >= 4 is 81.3 Å². The van der Waals surface area contributed by atoms with Crippen LogP contribution in [0.2, 0.25) is 0 Å². The van der Waals surface area contributed by atoms with Crippen LogP contribution in [0.3, 0.4) is 0 Å². The number of hydrogen-bond acceptors (Lipinski definition) is 3. The highest BCUT2D eigenvalue weighted by Gasteiger charge is 2.20. The first-order valence-corrected chi connectivity index (χ1v) is 21.6. The maximum Gasteiger partial charge on any atom is 0.143 e. The van der Waals surface area contributed by atoms with Crippen LogP contribution < -0.4 is 4.90 Å². The Morgan fingerprint density at radius 3 is 1.85 bits per heavy atom. The number of furan rings is 1. The largest absolute Gasteiger partial charge is 0.455 e. The predicted molar refractivity (Wildman–Crippen MR) is 261 cm³/mol. The van der Waals surface area contributed by atoms with Gasteiger partial charge in [-0.15, -0.1) is 11.3 Å². The van der Waals surface area contributed by atoms with E-state index in [1.54, 1.807) is 0 Å². The molecule has 3 heteroatoms. The van der Waals surface area contributed by atoms with Crippen molar-refractivity contribution in [3.05, 3.63) is 224 Å². The summed E-state index contributed by atoms with van der Waals surface area (Å²) in [4.78, 5) is 2.41. The maximum absolute atomic E-state index is 6.47. The highest BCUT2D eigenvalue weighted by molar-refractivity contribution is 7.25. The predicted octanol–water partition coefficient (Wildman–Crippen LogP) is 17.2. The SMILES string of the molecule is c1cc(-c2cccc(N(c3ccc(-c4cccc5c4oc4ccccc45)cc3)c3ccccc3-c3ccc4c(c3)sc3ccccc34)c2)cc(-c2cccc3ccccc23)c1. The zero-order chi connectivity index (χ0) is 40.3. The van der Waals surface area contributed by atoms with Gasteiger partial charge in [0.1, 0.15) is 11.2 Å². The number of benzene rings is 10. The number of rotatable bonds is 7. The lowest BCUT2D eigenvalue weighted by molar-refractivity contribution is 0.670. The van der Waals surface area contributed by atoms with Gasteiger partial charge >= 0.3 is 0 Å².